The molecule has 1 heterocycles. The average molecular weight is 184 g/mol. The van der Waals surface area contributed by atoms with E-state index in [1.165, 1.54) is 0 Å². The second kappa shape index (κ2) is 3.87. The van der Waals surface area contributed by atoms with Crippen molar-refractivity contribution in [3.63, 3.8) is 0 Å². The Kier molecular flexibility index (Phi) is 3.03. The quantitative estimate of drug-likeness (QED) is 0.769. The first-order valence-corrected chi connectivity index (χ1v) is 4.48. The Hall–Kier alpha value is -0.900. The minimum atomic E-state index is -0.0928. The number of hydrogen-bond acceptors (Lipinski definition) is 4. The van der Waals surface area contributed by atoms with Crippen LogP contribution < -0.4 is 0 Å². The zero-order chi connectivity index (χ0) is 9.90. The van der Waals surface area contributed by atoms with Gasteiger partial charge >= 0.3 is 0 Å². The number of aliphatic hydroxyl groups excluding tert-OH is 1. The zero-order valence-electron chi connectivity index (χ0n) is 8.37. The molecule has 1 rings (SSSR count). The van der Waals surface area contributed by atoms with Crippen molar-refractivity contribution in [3.05, 3.63) is 11.8 Å². The molecule has 0 amide bonds. The van der Waals surface area contributed by atoms with Gasteiger partial charge < -0.3 is 9.52 Å². The van der Waals surface area contributed by atoms with Gasteiger partial charge in [0.15, 0.2) is 0 Å². The third-order valence-electron chi connectivity index (χ3n) is 1.66. The van der Waals surface area contributed by atoms with Crippen molar-refractivity contribution in [1.29, 1.82) is 0 Å². The molecule has 74 valence electrons. The van der Waals surface area contributed by atoms with Crippen LogP contribution in [0.1, 0.15) is 39.0 Å². The summed E-state index contributed by atoms with van der Waals surface area (Å²) in [7, 11) is 0. The molecule has 0 aliphatic rings. The van der Waals surface area contributed by atoms with Gasteiger partial charge in [-0.3, -0.25) is 0 Å². The maximum atomic E-state index is 8.60. The molecular formula is C9H16N2O2. The summed E-state index contributed by atoms with van der Waals surface area (Å²) < 4.78 is 5.42. The largest absolute Gasteiger partial charge is 0.425 e. The van der Waals surface area contributed by atoms with E-state index in [0.29, 0.717) is 24.6 Å². The second-order valence-corrected chi connectivity index (χ2v) is 4.08. The van der Waals surface area contributed by atoms with E-state index >= 15 is 0 Å². The minimum Gasteiger partial charge on any atom is -0.425 e. The van der Waals surface area contributed by atoms with Crippen LogP contribution in [-0.2, 0) is 11.8 Å². The number of aromatic nitrogens is 2. The fourth-order valence-electron chi connectivity index (χ4n) is 0.888. The third-order valence-corrected chi connectivity index (χ3v) is 1.66. The molecule has 1 N–H and O–H groups in total. The van der Waals surface area contributed by atoms with Gasteiger partial charge in [-0.25, -0.2) is 0 Å². The summed E-state index contributed by atoms with van der Waals surface area (Å²) in [5.41, 5.74) is -0.0928. The molecule has 1 aromatic heterocycles. The molecule has 0 saturated heterocycles. The monoisotopic (exact) mass is 184 g/mol. The van der Waals surface area contributed by atoms with E-state index in [1.54, 1.807) is 0 Å². The molecule has 0 radical (unpaired) electrons. The number of aryl methyl sites for hydroxylation is 1. The number of hydrogen-bond donors (Lipinski definition) is 1. The van der Waals surface area contributed by atoms with Crippen LogP contribution in [0.5, 0.6) is 0 Å². The van der Waals surface area contributed by atoms with E-state index < -0.39 is 0 Å². The SMILES string of the molecule is CC(C)(C)c1nnc(CCCO)o1. The van der Waals surface area contributed by atoms with Crippen LogP contribution in [0, 0.1) is 0 Å². The summed E-state index contributed by atoms with van der Waals surface area (Å²) in [4.78, 5) is 0. The Morgan fingerprint density at radius 3 is 2.46 bits per heavy atom. The molecule has 0 aliphatic carbocycles. The van der Waals surface area contributed by atoms with Crippen molar-refractivity contribution in [2.24, 2.45) is 0 Å². The molecule has 0 fully saturated rings. The Labute approximate surface area is 78.0 Å². The standard InChI is InChI=1S/C9H16N2O2/c1-9(2,3)8-11-10-7(13-8)5-4-6-12/h12H,4-6H2,1-3H3. The van der Waals surface area contributed by atoms with Crippen LogP contribution in [0.25, 0.3) is 0 Å². The van der Waals surface area contributed by atoms with Crippen molar-refractivity contribution in [2.45, 2.75) is 39.0 Å². The first kappa shape index (κ1) is 10.2. The summed E-state index contributed by atoms with van der Waals surface area (Å²) >= 11 is 0. The summed E-state index contributed by atoms with van der Waals surface area (Å²) in [6.45, 7) is 6.23. The average Bonchev–Trinajstić information content (AvgIpc) is 2.47. The molecule has 13 heavy (non-hydrogen) atoms. The number of nitrogens with zero attached hydrogens (tertiary/aromatic N) is 2. The van der Waals surface area contributed by atoms with Gasteiger partial charge in [-0.2, -0.15) is 0 Å². The fourth-order valence-corrected chi connectivity index (χ4v) is 0.888. The molecule has 0 atom stereocenters. The summed E-state index contributed by atoms with van der Waals surface area (Å²) in [6.07, 6.45) is 1.32. The van der Waals surface area contributed by atoms with Gasteiger partial charge in [0, 0.05) is 18.4 Å². The van der Waals surface area contributed by atoms with Crippen LogP contribution in [0.15, 0.2) is 4.42 Å². The van der Waals surface area contributed by atoms with Gasteiger partial charge in [-0.15, -0.1) is 10.2 Å². The zero-order valence-corrected chi connectivity index (χ0v) is 8.37. The molecule has 4 heteroatoms. The summed E-state index contributed by atoms with van der Waals surface area (Å²) in [5, 5.41) is 16.4. The van der Waals surface area contributed by atoms with Crippen molar-refractivity contribution >= 4 is 0 Å². The molecule has 0 bridgehead atoms. The van der Waals surface area contributed by atoms with Crippen molar-refractivity contribution < 1.29 is 9.52 Å². The van der Waals surface area contributed by atoms with E-state index in [-0.39, 0.29) is 12.0 Å². The highest BCUT2D eigenvalue weighted by atomic mass is 16.4. The predicted octanol–water partition coefficient (Wildman–Crippen LogP) is 1.29. The molecule has 1 aromatic rings. The number of aliphatic hydroxyl groups is 1. The van der Waals surface area contributed by atoms with E-state index in [0.717, 1.165) is 0 Å². The van der Waals surface area contributed by atoms with E-state index in [4.69, 9.17) is 9.52 Å². The second-order valence-electron chi connectivity index (χ2n) is 4.08. The van der Waals surface area contributed by atoms with Crippen LogP contribution >= 0.6 is 0 Å². The molecule has 0 aliphatic heterocycles. The van der Waals surface area contributed by atoms with Gasteiger partial charge in [0.05, 0.1) is 0 Å². The molecule has 0 unspecified atom stereocenters. The minimum absolute atomic E-state index is 0.0928. The Balaban J connectivity index is 2.64. The van der Waals surface area contributed by atoms with E-state index in [1.807, 2.05) is 20.8 Å². The van der Waals surface area contributed by atoms with Crippen LogP contribution in [0.3, 0.4) is 0 Å². The highest BCUT2D eigenvalue weighted by Crippen LogP contribution is 2.20. The topological polar surface area (TPSA) is 59.2 Å². The first-order valence-electron chi connectivity index (χ1n) is 4.48. The summed E-state index contributed by atoms with van der Waals surface area (Å²) in [5.74, 6) is 1.26. The Morgan fingerprint density at radius 1 is 1.31 bits per heavy atom. The smallest absolute Gasteiger partial charge is 0.221 e. The van der Waals surface area contributed by atoms with Crippen molar-refractivity contribution in [2.75, 3.05) is 6.61 Å². The maximum Gasteiger partial charge on any atom is 0.221 e. The lowest BCUT2D eigenvalue weighted by atomic mass is 9.97. The molecule has 0 aromatic carbocycles. The van der Waals surface area contributed by atoms with Gasteiger partial charge in [0.1, 0.15) is 0 Å². The van der Waals surface area contributed by atoms with Gasteiger partial charge in [0.25, 0.3) is 0 Å². The van der Waals surface area contributed by atoms with Crippen LogP contribution in [-0.4, -0.2) is 21.9 Å². The Morgan fingerprint density at radius 2 is 2.00 bits per heavy atom. The van der Waals surface area contributed by atoms with Gasteiger partial charge in [-0.1, -0.05) is 20.8 Å². The van der Waals surface area contributed by atoms with Crippen molar-refractivity contribution in [1.82, 2.24) is 10.2 Å². The third kappa shape index (κ3) is 2.81. The molecule has 0 saturated carbocycles. The normalized spacial score (nSPS) is 12.0. The lowest BCUT2D eigenvalue weighted by Crippen LogP contribution is -2.11. The van der Waals surface area contributed by atoms with E-state index in [2.05, 4.69) is 10.2 Å². The summed E-state index contributed by atoms with van der Waals surface area (Å²) in [6, 6.07) is 0. The van der Waals surface area contributed by atoms with Crippen LogP contribution in [0.2, 0.25) is 0 Å². The lowest BCUT2D eigenvalue weighted by Gasteiger charge is -2.10. The molecular weight excluding hydrogens is 168 g/mol. The lowest BCUT2D eigenvalue weighted by molar-refractivity contribution is 0.280. The highest BCUT2D eigenvalue weighted by Gasteiger charge is 2.20. The highest BCUT2D eigenvalue weighted by molar-refractivity contribution is 4.95. The van der Waals surface area contributed by atoms with Gasteiger partial charge in [-0.05, 0) is 6.42 Å². The predicted molar refractivity (Wildman–Crippen MR) is 48.4 cm³/mol. The van der Waals surface area contributed by atoms with Gasteiger partial charge in [0.2, 0.25) is 11.8 Å². The Bertz CT molecular complexity index is 263. The van der Waals surface area contributed by atoms with E-state index in [9.17, 15) is 0 Å². The molecule has 4 nitrogen and oxygen atoms in total. The number of rotatable bonds is 3. The first-order chi connectivity index (χ1) is 6.04. The van der Waals surface area contributed by atoms with Crippen molar-refractivity contribution in [3.8, 4) is 0 Å². The molecule has 0 spiro atoms. The van der Waals surface area contributed by atoms with Crippen LogP contribution in [0.4, 0.5) is 0 Å². The fraction of sp³-hybridized carbons (Fsp3) is 0.778. The maximum absolute atomic E-state index is 8.60.